The van der Waals surface area contributed by atoms with E-state index in [0.717, 1.165) is 5.56 Å². The van der Waals surface area contributed by atoms with Crippen LogP contribution in [0.2, 0.25) is 0 Å². The van der Waals surface area contributed by atoms with E-state index < -0.39 is 5.54 Å². The first-order chi connectivity index (χ1) is 9.65. The lowest BCUT2D eigenvalue weighted by Gasteiger charge is -2.32. The van der Waals surface area contributed by atoms with Crippen molar-refractivity contribution < 1.29 is 14.3 Å². The Kier molecular flexibility index (Phi) is 5.11. The van der Waals surface area contributed by atoms with Crippen LogP contribution in [0, 0.1) is 0 Å². The zero-order valence-electron chi connectivity index (χ0n) is 11.8. The summed E-state index contributed by atoms with van der Waals surface area (Å²) in [6.45, 7) is 1.49. The number of amides is 1. The molecule has 1 fully saturated rings. The van der Waals surface area contributed by atoms with E-state index in [9.17, 15) is 4.79 Å². The molecule has 5 heteroatoms. The van der Waals surface area contributed by atoms with Gasteiger partial charge in [0.15, 0.2) is 0 Å². The molecule has 0 saturated carbocycles. The van der Waals surface area contributed by atoms with E-state index in [1.54, 1.807) is 7.11 Å². The highest BCUT2D eigenvalue weighted by Crippen LogP contribution is 2.19. The number of hydrogen-bond acceptors (Lipinski definition) is 4. The molecule has 0 aliphatic carbocycles. The van der Waals surface area contributed by atoms with Crippen molar-refractivity contribution in [2.75, 3.05) is 26.9 Å². The normalized spacial score (nSPS) is 19.3. The summed E-state index contributed by atoms with van der Waals surface area (Å²) >= 11 is 0. The summed E-state index contributed by atoms with van der Waals surface area (Å²) < 4.78 is 10.7. The van der Waals surface area contributed by atoms with Gasteiger partial charge in [-0.2, -0.15) is 0 Å². The molecule has 0 bridgehead atoms. The minimum Gasteiger partial charge on any atom is -0.381 e. The molecular weight excluding hydrogens is 256 g/mol. The van der Waals surface area contributed by atoms with Gasteiger partial charge in [0, 0.05) is 26.9 Å². The molecule has 1 aliphatic rings. The third-order valence-corrected chi connectivity index (χ3v) is 3.74. The van der Waals surface area contributed by atoms with Crippen molar-refractivity contribution in [1.29, 1.82) is 0 Å². The first kappa shape index (κ1) is 15.0. The molecule has 5 nitrogen and oxygen atoms in total. The second-order valence-electron chi connectivity index (χ2n) is 5.11. The van der Waals surface area contributed by atoms with Crippen molar-refractivity contribution in [3.63, 3.8) is 0 Å². The highest BCUT2D eigenvalue weighted by Gasteiger charge is 2.35. The van der Waals surface area contributed by atoms with Gasteiger partial charge in [-0.25, -0.2) is 0 Å². The molecule has 110 valence electrons. The maximum atomic E-state index is 12.2. The number of benzene rings is 1. The molecule has 0 spiro atoms. The van der Waals surface area contributed by atoms with Crippen molar-refractivity contribution in [2.24, 2.45) is 5.73 Å². The second-order valence-corrected chi connectivity index (χ2v) is 5.11. The fourth-order valence-electron chi connectivity index (χ4n) is 2.33. The van der Waals surface area contributed by atoms with Gasteiger partial charge in [-0.1, -0.05) is 30.3 Å². The van der Waals surface area contributed by atoms with Gasteiger partial charge in [-0.15, -0.1) is 0 Å². The van der Waals surface area contributed by atoms with Crippen LogP contribution in [0.5, 0.6) is 0 Å². The SMILES string of the molecule is COC(CNC(=O)C1(N)CCOCC1)c1ccccc1. The Morgan fingerprint density at radius 3 is 2.65 bits per heavy atom. The number of nitrogens with one attached hydrogen (secondary N) is 1. The zero-order chi connectivity index (χ0) is 14.4. The molecular formula is C15H22N2O3. The number of ether oxygens (including phenoxy) is 2. The Labute approximate surface area is 119 Å². The van der Waals surface area contributed by atoms with Crippen LogP contribution >= 0.6 is 0 Å². The lowest BCUT2D eigenvalue weighted by Crippen LogP contribution is -2.57. The topological polar surface area (TPSA) is 73.6 Å². The smallest absolute Gasteiger partial charge is 0.240 e. The third kappa shape index (κ3) is 3.56. The van der Waals surface area contributed by atoms with Gasteiger partial charge < -0.3 is 20.5 Å². The van der Waals surface area contributed by atoms with E-state index in [1.165, 1.54) is 0 Å². The van der Waals surface area contributed by atoms with Crippen molar-refractivity contribution in [3.8, 4) is 0 Å². The Balaban J connectivity index is 1.91. The van der Waals surface area contributed by atoms with E-state index in [0.29, 0.717) is 32.6 Å². The second kappa shape index (κ2) is 6.83. The van der Waals surface area contributed by atoms with Crippen molar-refractivity contribution in [1.82, 2.24) is 5.32 Å². The summed E-state index contributed by atoms with van der Waals surface area (Å²) in [6, 6.07) is 9.81. The maximum absolute atomic E-state index is 12.2. The van der Waals surface area contributed by atoms with Crippen LogP contribution in [0.1, 0.15) is 24.5 Å². The lowest BCUT2D eigenvalue weighted by molar-refractivity contribution is -0.130. The van der Waals surface area contributed by atoms with Crippen LogP contribution < -0.4 is 11.1 Å². The van der Waals surface area contributed by atoms with Crippen LogP contribution in [0.3, 0.4) is 0 Å². The van der Waals surface area contributed by atoms with Gasteiger partial charge in [0.25, 0.3) is 0 Å². The van der Waals surface area contributed by atoms with Gasteiger partial charge in [-0.05, 0) is 18.4 Å². The average Bonchev–Trinajstić information content (AvgIpc) is 2.49. The highest BCUT2D eigenvalue weighted by atomic mass is 16.5. The summed E-state index contributed by atoms with van der Waals surface area (Å²) in [4.78, 5) is 12.2. The van der Waals surface area contributed by atoms with Crippen molar-refractivity contribution >= 4 is 5.91 Å². The third-order valence-electron chi connectivity index (χ3n) is 3.74. The standard InChI is InChI=1S/C15H22N2O3/c1-19-13(12-5-3-2-4-6-12)11-17-14(18)15(16)7-9-20-10-8-15/h2-6,13H,7-11,16H2,1H3,(H,17,18). The predicted molar refractivity (Wildman–Crippen MR) is 76.2 cm³/mol. The molecule has 2 rings (SSSR count). The van der Waals surface area contributed by atoms with Gasteiger partial charge in [0.05, 0.1) is 11.6 Å². The predicted octanol–water partition coefficient (Wildman–Crippen LogP) is 0.998. The minimum atomic E-state index is -0.812. The number of carbonyl (C=O) groups is 1. The number of hydrogen-bond donors (Lipinski definition) is 2. The molecule has 1 atom stereocenters. The highest BCUT2D eigenvalue weighted by molar-refractivity contribution is 5.86. The van der Waals surface area contributed by atoms with E-state index in [2.05, 4.69) is 5.32 Å². The summed E-state index contributed by atoms with van der Waals surface area (Å²) in [5.41, 5.74) is 6.36. The summed E-state index contributed by atoms with van der Waals surface area (Å²) in [6.07, 6.45) is 0.951. The van der Waals surface area contributed by atoms with Gasteiger partial charge in [0.2, 0.25) is 5.91 Å². The van der Waals surface area contributed by atoms with Crippen LogP contribution in [-0.2, 0) is 14.3 Å². The number of nitrogens with two attached hydrogens (primary N) is 1. The first-order valence-electron chi connectivity index (χ1n) is 6.88. The molecule has 1 aromatic carbocycles. The molecule has 1 amide bonds. The molecule has 1 aliphatic heterocycles. The Hall–Kier alpha value is -1.43. The van der Waals surface area contributed by atoms with E-state index in [1.807, 2.05) is 30.3 Å². The number of carbonyl (C=O) groups excluding carboxylic acids is 1. The monoisotopic (exact) mass is 278 g/mol. The molecule has 0 aromatic heterocycles. The fourth-order valence-corrected chi connectivity index (χ4v) is 2.33. The van der Waals surface area contributed by atoms with Crippen LogP contribution in [0.4, 0.5) is 0 Å². The number of methoxy groups -OCH3 is 1. The molecule has 3 N–H and O–H groups in total. The lowest BCUT2D eigenvalue weighted by atomic mass is 9.90. The summed E-state index contributed by atoms with van der Waals surface area (Å²) in [5.74, 6) is -0.126. The van der Waals surface area contributed by atoms with E-state index >= 15 is 0 Å². The maximum Gasteiger partial charge on any atom is 0.240 e. The Morgan fingerprint density at radius 2 is 2.05 bits per heavy atom. The average molecular weight is 278 g/mol. The number of rotatable bonds is 5. The molecule has 1 heterocycles. The van der Waals surface area contributed by atoms with E-state index in [-0.39, 0.29) is 12.0 Å². The van der Waals surface area contributed by atoms with Crippen molar-refractivity contribution in [2.45, 2.75) is 24.5 Å². The summed E-state index contributed by atoms with van der Waals surface area (Å²) in [7, 11) is 1.64. The molecule has 20 heavy (non-hydrogen) atoms. The molecule has 1 aromatic rings. The van der Waals surface area contributed by atoms with Crippen LogP contribution in [0.25, 0.3) is 0 Å². The molecule has 1 saturated heterocycles. The Bertz CT molecular complexity index is 430. The molecule has 1 unspecified atom stereocenters. The Morgan fingerprint density at radius 1 is 1.40 bits per heavy atom. The fraction of sp³-hybridized carbons (Fsp3) is 0.533. The first-order valence-corrected chi connectivity index (χ1v) is 6.88. The zero-order valence-corrected chi connectivity index (χ0v) is 11.8. The van der Waals surface area contributed by atoms with Crippen LogP contribution in [-0.4, -0.2) is 38.3 Å². The van der Waals surface area contributed by atoms with E-state index in [4.69, 9.17) is 15.2 Å². The minimum absolute atomic E-state index is 0.126. The van der Waals surface area contributed by atoms with Gasteiger partial charge in [-0.3, -0.25) is 4.79 Å². The van der Waals surface area contributed by atoms with Crippen LogP contribution in [0.15, 0.2) is 30.3 Å². The van der Waals surface area contributed by atoms with Gasteiger partial charge in [0.1, 0.15) is 0 Å². The quantitative estimate of drug-likeness (QED) is 0.842. The van der Waals surface area contributed by atoms with Gasteiger partial charge >= 0.3 is 0 Å². The van der Waals surface area contributed by atoms with Crippen molar-refractivity contribution in [3.05, 3.63) is 35.9 Å². The molecule has 0 radical (unpaired) electrons. The largest absolute Gasteiger partial charge is 0.381 e. The summed E-state index contributed by atoms with van der Waals surface area (Å²) in [5, 5.41) is 2.90.